The largest absolute Gasteiger partial charge is 0.381 e. The van der Waals surface area contributed by atoms with Crippen LogP contribution in [0.15, 0.2) is 70.3 Å². The Balaban J connectivity index is 1.39. The highest BCUT2D eigenvalue weighted by Crippen LogP contribution is 2.33. The first kappa shape index (κ1) is 17.6. The lowest BCUT2D eigenvalue weighted by Gasteiger charge is -2.34. The molecule has 1 aromatic carbocycles. The van der Waals surface area contributed by atoms with Crippen molar-refractivity contribution in [2.45, 2.75) is 31.3 Å². The molecule has 3 heterocycles. The van der Waals surface area contributed by atoms with Crippen molar-refractivity contribution in [2.75, 3.05) is 6.61 Å². The van der Waals surface area contributed by atoms with Crippen LogP contribution in [0.2, 0.25) is 0 Å². The number of benzene rings is 1. The van der Waals surface area contributed by atoms with E-state index in [1.165, 1.54) is 6.34 Å². The second-order valence-corrected chi connectivity index (χ2v) is 6.72. The minimum Gasteiger partial charge on any atom is -0.381 e. The van der Waals surface area contributed by atoms with Crippen LogP contribution in [0.25, 0.3) is 0 Å². The van der Waals surface area contributed by atoms with Crippen molar-refractivity contribution in [1.82, 2.24) is 5.01 Å². The highest BCUT2D eigenvalue weighted by Gasteiger charge is 2.41. The van der Waals surface area contributed by atoms with Crippen molar-refractivity contribution in [3.05, 3.63) is 60.8 Å². The quantitative estimate of drug-likeness (QED) is 0.782. The summed E-state index contributed by atoms with van der Waals surface area (Å²) in [4.78, 5) is 8.30. The van der Waals surface area contributed by atoms with E-state index in [-0.39, 0.29) is 24.2 Å². The number of amidine groups is 2. The molecule has 7 nitrogen and oxygen atoms in total. The van der Waals surface area contributed by atoms with Gasteiger partial charge in [0.05, 0.1) is 25.4 Å². The summed E-state index contributed by atoms with van der Waals surface area (Å²) in [6, 6.07) is 10.0. The maximum atomic E-state index is 6.33. The summed E-state index contributed by atoms with van der Waals surface area (Å²) in [6.07, 6.45) is 7.88. The molecule has 140 valence electrons. The molecule has 0 bridgehead atoms. The predicted molar refractivity (Wildman–Crippen MR) is 105 cm³/mol. The van der Waals surface area contributed by atoms with Crippen LogP contribution in [-0.4, -0.2) is 47.9 Å². The number of ether oxygens (including phenoxy) is 2. The zero-order chi connectivity index (χ0) is 18.6. The summed E-state index contributed by atoms with van der Waals surface area (Å²) in [5.41, 5.74) is 7.08. The maximum absolute atomic E-state index is 6.33. The summed E-state index contributed by atoms with van der Waals surface area (Å²) in [7, 11) is 0. The molecule has 2 unspecified atom stereocenters. The van der Waals surface area contributed by atoms with Crippen LogP contribution >= 0.6 is 0 Å². The predicted octanol–water partition coefficient (Wildman–Crippen LogP) is 2.07. The van der Waals surface area contributed by atoms with Gasteiger partial charge in [0.15, 0.2) is 11.7 Å². The van der Waals surface area contributed by atoms with Crippen molar-refractivity contribution >= 4 is 18.0 Å². The number of hydrogen-bond acceptors (Lipinski definition) is 7. The minimum atomic E-state index is -0.0793. The van der Waals surface area contributed by atoms with Gasteiger partial charge in [-0.05, 0) is 18.1 Å². The number of fused-ring (bicyclic) bond motifs is 1. The zero-order valence-electron chi connectivity index (χ0n) is 15.0. The Labute approximate surface area is 158 Å². The molecule has 2 N–H and O–H groups in total. The van der Waals surface area contributed by atoms with Crippen LogP contribution in [0, 0.1) is 5.92 Å². The molecule has 0 aromatic heterocycles. The summed E-state index contributed by atoms with van der Waals surface area (Å²) in [5, 5.41) is 6.11. The van der Waals surface area contributed by atoms with E-state index in [9.17, 15) is 0 Å². The van der Waals surface area contributed by atoms with E-state index in [2.05, 4.69) is 33.8 Å². The van der Waals surface area contributed by atoms with Gasteiger partial charge in [-0.15, -0.1) is 6.58 Å². The number of nitrogens with two attached hydrogens (primary N) is 1. The first-order valence-corrected chi connectivity index (χ1v) is 9.05. The van der Waals surface area contributed by atoms with Crippen LogP contribution in [-0.2, 0) is 16.1 Å². The molecule has 4 atom stereocenters. The van der Waals surface area contributed by atoms with Crippen molar-refractivity contribution < 1.29 is 9.47 Å². The molecule has 27 heavy (non-hydrogen) atoms. The van der Waals surface area contributed by atoms with Crippen LogP contribution in [0.5, 0.6) is 0 Å². The third kappa shape index (κ3) is 3.70. The second kappa shape index (κ2) is 7.85. The Bertz CT molecular complexity index is 802. The Morgan fingerprint density at radius 1 is 1.30 bits per heavy atom. The fraction of sp³-hybridized carbons (Fsp3) is 0.350. The van der Waals surface area contributed by atoms with Gasteiger partial charge in [0.2, 0.25) is 0 Å². The monoisotopic (exact) mass is 365 g/mol. The lowest BCUT2D eigenvalue weighted by molar-refractivity contribution is -0.0395. The first-order valence-electron chi connectivity index (χ1n) is 9.05. The van der Waals surface area contributed by atoms with Crippen molar-refractivity contribution in [3.8, 4) is 0 Å². The van der Waals surface area contributed by atoms with Gasteiger partial charge >= 0.3 is 0 Å². The van der Waals surface area contributed by atoms with Gasteiger partial charge < -0.3 is 15.2 Å². The molecule has 0 spiro atoms. The SMILES string of the molecule is C=CC1C[C@H](C2C=CN=C3C(N)=NC=NN32)O[C@@H]1COCc1ccccc1. The molecular formula is C20H23N5O2. The zero-order valence-corrected chi connectivity index (χ0v) is 15.0. The highest BCUT2D eigenvalue weighted by molar-refractivity contribution is 6.41. The maximum Gasteiger partial charge on any atom is 0.192 e. The molecule has 7 heteroatoms. The van der Waals surface area contributed by atoms with E-state index in [1.807, 2.05) is 30.4 Å². The van der Waals surface area contributed by atoms with Crippen molar-refractivity contribution in [3.63, 3.8) is 0 Å². The van der Waals surface area contributed by atoms with Gasteiger partial charge in [0.25, 0.3) is 0 Å². The minimum absolute atomic E-state index is 0.0355. The molecule has 1 aromatic rings. The molecular weight excluding hydrogens is 342 g/mol. The van der Waals surface area contributed by atoms with E-state index < -0.39 is 0 Å². The number of hydrazone groups is 1. The molecule has 3 aliphatic heterocycles. The van der Waals surface area contributed by atoms with Gasteiger partial charge in [-0.25, -0.2) is 15.0 Å². The van der Waals surface area contributed by atoms with Crippen LogP contribution in [0.3, 0.4) is 0 Å². The Hall–Kier alpha value is -2.77. The van der Waals surface area contributed by atoms with Crippen LogP contribution < -0.4 is 5.73 Å². The van der Waals surface area contributed by atoms with Gasteiger partial charge in [-0.2, -0.15) is 5.10 Å². The average molecular weight is 365 g/mol. The van der Waals surface area contributed by atoms with Gasteiger partial charge in [0, 0.05) is 12.1 Å². The molecule has 0 amide bonds. The smallest absolute Gasteiger partial charge is 0.192 e. The second-order valence-electron chi connectivity index (χ2n) is 6.72. The van der Waals surface area contributed by atoms with E-state index in [0.717, 1.165) is 12.0 Å². The Kier molecular flexibility index (Phi) is 5.13. The lowest BCUT2D eigenvalue weighted by Crippen LogP contribution is -2.50. The topological polar surface area (TPSA) is 84.8 Å². The van der Waals surface area contributed by atoms with Crippen LogP contribution in [0.1, 0.15) is 12.0 Å². The van der Waals surface area contributed by atoms with Crippen molar-refractivity contribution in [1.29, 1.82) is 0 Å². The summed E-state index contributed by atoms with van der Waals surface area (Å²) in [6.45, 7) is 5.06. The van der Waals surface area contributed by atoms with Crippen molar-refractivity contribution in [2.24, 2.45) is 26.7 Å². The Morgan fingerprint density at radius 3 is 2.96 bits per heavy atom. The van der Waals surface area contributed by atoms with E-state index in [1.54, 1.807) is 11.2 Å². The molecule has 1 fully saturated rings. The van der Waals surface area contributed by atoms with Crippen LogP contribution in [0.4, 0.5) is 0 Å². The van der Waals surface area contributed by atoms with Gasteiger partial charge in [-0.1, -0.05) is 36.4 Å². The molecule has 0 aliphatic carbocycles. The third-order valence-electron chi connectivity index (χ3n) is 4.99. The molecule has 3 aliphatic rings. The number of hydrogen-bond donors (Lipinski definition) is 1. The van der Waals surface area contributed by atoms with E-state index in [0.29, 0.717) is 24.9 Å². The standard InChI is InChI=1S/C20H23N5O2/c1-2-15-10-17(16-8-9-22-20-19(21)23-13-24-25(16)20)27-18(15)12-26-11-14-6-4-3-5-7-14/h2-9,13,15-18H,1,10-12H2,(H2,21,23,24)/t15?,16?,17-,18-/m1/s1. The fourth-order valence-corrected chi connectivity index (χ4v) is 3.58. The molecule has 4 rings (SSSR count). The van der Waals surface area contributed by atoms with E-state index >= 15 is 0 Å². The first-order chi connectivity index (χ1) is 13.3. The normalized spacial score (nSPS) is 29.3. The number of nitrogens with zero attached hydrogens (tertiary/aromatic N) is 4. The van der Waals surface area contributed by atoms with E-state index in [4.69, 9.17) is 15.2 Å². The lowest BCUT2D eigenvalue weighted by atomic mass is 9.96. The fourth-order valence-electron chi connectivity index (χ4n) is 3.58. The summed E-state index contributed by atoms with van der Waals surface area (Å²) < 4.78 is 12.2. The summed E-state index contributed by atoms with van der Waals surface area (Å²) in [5.74, 6) is 1.15. The highest BCUT2D eigenvalue weighted by atomic mass is 16.5. The molecule has 0 saturated carbocycles. The number of aliphatic imine (C=N–C) groups is 2. The van der Waals surface area contributed by atoms with Gasteiger partial charge in [0.1, 0.15) is 12.4 Å². The molecule has 0 radical (unpaired) electrons. The average Bonchev–Trinajstić information content (AvgIpc) is 3.12. The third-order valence-corrected chi connectivity index (χ3v) is 4.99. The summed E-state index contributed by atoms with van der Waals surface area (Å²) >= 11 is 0. The van der Waals surface area contributed by atoms with Gasteiger partial charge in [-0.3, -0.25) is 0 Å². The Morgan fingerprint density at radius 2 is 2.15 bits per heavy atom. The number of rotatable bonds is 6. The molecule has 1 saturated heterocycles.